The number of aromatic nitrogens is 2. The Kier molecular flexibility index (Phi) is 3.59. The summed E-state index contributed by atoms with van der Waals surface area (Å²) in [6.45, 7) is 1.90. The molecular weight excluding hydrogens is 266 g/mol. The van der Waals surface area contributed by atoms with Crippen molar-refractivity contribution in [2.45, 2.75) is 18.4 Å². The Morgan fingerprint density at radius 3 is 2.42 bits per heavy atom. The topological polar surface area (TPSA) is 87.2 Å². The van der Waals surface area contributed by atoms with Crippen LogP contribution in [-0.4, -0.2) is 25.3 Å². The van der Waals surface area contributed by atoms with Crippen molar-refractivity contribution in [1.82, 2.24) is 9.78 Å². The summed E-state index contributed by atoms with van der Waals surface area (Å²) in [5.41, 5.74) is 1.28. The van der Waals surface area contributed by atoms with Gasteiger partial charge in [-0.15, -0.1) is 0 Å². The van der Waals surface area contributed by atoms with E-state index in [1.165, 1.54) is 10.7 Å². The third-order valence-corrected chi connectivity index (χ3v) is 3.57. The lowest BCUT2D eigenvalue weighted by atomic mass is 10.3. The van der Waals surface area contributed by atoms with Crippen molar-refractivity contribution in [3.63, 3.8) is 0 Å². The molecule has 1 heterocycles. The molecule has 6 nitrogen and oxygen atoms in total. The molecule has 0 saturated heterocycles. The average molecular weight is 281 g/mol. The molecule has 0 fully saturated rings. The maximum Gasteiger partial charge on any atom is 0.255 e. The summed E-state index contributed by atoms with van der Waals surface area (Å²) in [4.78, 5) is 0. The fourth-order valence-corrected chi connectivity index (χ4v) is 2.38. The van der Waals surface area contributed by atoms with Gasteiger partial charge in [0.15, 0.2) is 5.03 Å². The monoisotopic (exact) mass is 281 g/mol. The molecule has 102 valence electrons. The van der Waals surface area contributed by atoms with Crippen molar-refractivity contribution in [2.75, 3.05) is 7.11 Å². The number of hydrogen-bond donors (Lipinski definition) is 1. The molecule has 2 aromatic rings. The number of sulfonamides is 1. The van der Waals surface area contributed by atoms with E-state index in [1.54, 1.807) is 31.4 Å². The SMILES string of the molecule is CCc1cc(S(N)(=O)=O)n(-c2ccc(OC)cc2)n1. The van der Waals surface area contributed by atoms with Crippen LogP contribution in [0.4, 0.5) is 0 Å². The Balaban J connectivity index is 2.56. The van der Waals surface area contributed by atoms with Crippen LogP contribution in [0, 0.1) is 0 Å². The molecule has 0 aliphatic carbocycles. The third kappa shape index (κ3) is 2.77. The van der Waals surface area contributed by atoms with Crippen molar-refractivity contribution < 1.29 is 13.2 Å². The fourth-order valence-electron chi connectivity index (χ4n) is 1.69. The van der Waals surface area contributed by atoms with Gasteiger partial charge >= 0.3 is 0 Å². The summed E-state index contributed by atoms with van der Waals surface area (Å²) in [6, 6.07) is 8.39. The van der Waals surface area contributed by atoms with Crippen LogP contribution < -0.4 is 9.88 Å². The molecule has 2 rings (SSSR count). The number of aryl methyl sites for hydroxylation is 1. The van der Waals surface area contributed by atoms with Crippen molar-refractivity contribution in [2.24, 2.45) is 5.14 Å². The lowest BCUT2D eigenvalue weighted by molar-refractivity contribution is 0.414. The number of primary sulfonamides is 1. The van der Waals surface area contributed by atoms with Crippen LogP contribution in [0.15, 0.2) is 35.4 Å². The molecule has 7 heteroatoms. The lowest BCUT2D eigenvalue weighted by Gasteiger charge is -2.06. The predicted molar refractivity (Wildman–Crippen MR) is 70.9 cm³/mol. The van der Waals surface area contributed by atoms with Gasteiger partial charge in [-0.25, -0.2) is 18.2 Å². The normalized spacial score (nSPS) is 11.5. The van der Waals surface area contributed by atoms with E-state index in [-0.39, 0.29) is 5.03 Å². The number of rotatable bonds is 4. The standard InChI is InChI=1S/C12H15N3O3S/c1-3-9-8-12(19(13,16)17)15(14-9)10-4-6-11(18-2)7-5-10/h4-8H,3H2,1-2H3,(H2,13,16,17). The van der Waals surface area contributed by atoms with E-state index >= 15 is 0 Å². The van der Waals surface area contributed by atoms with Crippen LogP contribution in [-0.2, 0) is 16.4 Å². The third-order valence-electron chi connectivity index (χ3n) is 2.70. The summed E-state index contributed by atoms with van der Waals surface area (Å²) >= 11 is 0. The maximum absolute atomic E-state index is 11.6. The first-order valence-corrected chi connectivity index (χ1v) is 7.26. The Labute approximate surface area is 111 Å². The zero-order chi connectivity index (χ0) is 14.0. The van der Waals surface area contributed by atoms with E-state index in [9.17, 15) is 8.42 Å². The van der Waals surface area contributed by atoms with Crippen LogP contribution in [0.1, 0.15) is 12.6 Å². The zero-order valence-electron chi connectivity index (χ0n) is 10.7. The van der Waals surface area contributed by atoms with Crippen molar-refractivity contribution >= 4 is 10.0 Å². The molecule has 0 amide bonds. The van der Waals surface area contributed by atoms with Gasteiger partial charge in [-0.3, -0.25) is 0 Å². The number of hydrogen-bond acceptors (Lipinski definition) is 4. The fraction of sp³-hybridized carbons (Fsp3) is 0.250. The first-order valence-electron chi connectivity index (χ1n) is 5.72. The molecule has 0 spiro atoms. The molecule has 0 unspecified atom stereocenters. The van der Waals surface area contributed by atoms with Gasteiger partial charge in [0.2, 0.25) is 0 Å². The summed E-state index contributed by atoms with van der Waals surface area (Å²) in [6.07, 6.45) is 0.631. The minimum absolute atomic E-state index is 0.0190. The van der Waals surface area contributed by atoms with E-state index in [2.05, 4.69) is 5.10 Å². The highest BCUT2D eigenvalue weighted by Crippen LogP contribution is 2.19. The molecule has 0 aliphatic heterocycles. The average Bonchev–Trinajstić information content (AvgIpc) is 2.83. The maximum atomic E-state index is 11.6. The Morgan fingerprint density at radius 1 is 1.32 bits per heavy atom. The second-order valence-corrected chi connectivity index (χ2v) is 5.49. The van der Waals surface area contributed by atoms with E-state index in [0.717, 1.165) is 0 Å². The highest BCUT2D eigenvalue weighted by Gasteiger charge is 2.18. The molecule has 0 atom stereocenters. The first kappa shape index (κ1) is 13.6. The summed E-state index contributed by atoms with van der Waals surface area (Å²) in [5.74, 6) is 0.684. The van der Waals surface area contributed by atoms with Crippen molar-refractivity contribution in [3.05, 3.63) is 36.0 Å². The van der Waals surface area contributed by atoms with E-state index in [4.69, 9.17) is 9.88 Å². The largest absolute Gasteiger partial charge is 0.497 e. The molecule has 1 aromatic heterocycles. The van der Waals surface area contributed by atoms with Gasteiger partial charge in [0, 0.05) is 6.07 Å². The Hall–Kier alpha value is -1.86. The van der Waals surface area contributed by atoms with E-state index in [1.807, 2.05) is 6.92 Å². The number of nitrogens with two attached hydrogens (primary N) is 1. The highest BCUT2D eigenvalue weighted by atomic mass is 32.2. The summed E-state index contributed by atoms with van der Waals surface area (Å²) < 4.78 is 29.5. The lowest BCUT2D eigenvalue weighted by Crippen LogP contribution is -2.17. The van der Waals surface area contributed by atoms with Crippen molar-refractivity contribution in [3.8, 4) is 11.4 Å². The number of ether oxygens (including phenoxy) is 1. The number of benzene rings is 1. The Bertz CT molecular complexity index is 675. The molecule has 19 heavy (non-hydrogen) atoms. The van der Waals surface area contributed by atoms with Crippen LogP contribution in [0.3, 0.4) is 0 Å². The van der Waals surface area contributed by atoms with Crippen LogP contribution >= 0.6 is 0 Å². The quantitative estimate of drug-likeness (QED) is 0.908. The smallest absolute Gasteiger partial charge is 0.255 e. The molecule has 0 bridgehead atoms. The highest BCUT2D eigenvalue weighted by molar-refractivity contribution is 7.89. The van der Waals surface area contributed by atoms with Crippen LogP contribution in [0.5, 0.6) is 5.75 Å². The van der Waals surface area contributed by atoms with Gasteiger partial charge in [-0.2, -0.15) is 5.10 Å². The molecule has 2 N–H and O–H groups in total. The number of methoxy groups -OCH3 is 1. The second-order valence-electron chi connectivity index (χ2n) is 3.98. The van der Waals surface area contributed by atoms with Gasteiger partial charge in [0.25, 0.3) is 10.0 Å². The van der Waals surface area contributed by atoms with Gasteiger partial charge in [0.1, 0.15) is 5.75 Å². The van der Waals surface area contributed by atoms with Gasteiger partial charge in [0.05, 0.1) is 18.5 Å². The molecule has 1 aromatic carbocycles. The second kappa shape index (κ2) is 5.02. The van der Waals surface area contributed by atoms with Crippen LogP contribution in [0.25, 0.3) is 5.69 Å². The summed E-state index contributed by atoms with van der Waals surface area (Å²) in [5, 5.41) is 9.42. The Morgan fingerprint density at radius 2 is 1.95 bits per heavy atom. The predicted octanol–water partition coefficient (Wildman–Crippen LogP) is 1.09. The minimum Gasteiger partial charge on any atom is -0.497 e. The molecular formula is C12H15N3O3S. The van der Waals surface area contributed by atoms with Gasteiger partial charge in [-0.05, 0) is 30.7 Å². The minimum atomic E-state index is -3.82. The van der Waals surface area contributed by atoms with E-state index < -0.39 is 10.0 Å². The van der Waals surface area contributed by atoms with Crippen molar-refractivity contribution in [1.29, 1.82) is 0 Å². The first-order chi connectivity index (χ1) is 8.95. The summed E-state index contributed by atoms with van der Waals surface area (Å²) in [7, 11) is -2.25. The van der Waals surface area contributed by atoms with Crippen LogP contribution in [0.2, 0.25) is 0 Å². The van der Waals surface area contributed by atoms with Gasteiger partial charge < -0.3 is 4.74 Å². The molecule has 0 radical (unpaired) electrons. The van der Waals surface area contributed by atoms with E-state index in [0.29, 0.717) is 23.6 Å². The molecule has 0 aliphatic rings. The zero-order valence-corrected chi connectivity index (χ0v) is 11.5. The number of nitrogens with zero attached hydrogens (tertiary/aromatic N) is 2. The van der Waals surface area contributed by atoms with Gasteiger partial charge in [-0.1, -0.05) is 6.92 Å². The molecule has 0 saturated carbocycles.